The maximum atomic E-state index is 13.8. The molecule has 0 aliphatic carbocycles. The van der Waals surface area contributed by atoms with E-state index in [0.29, 0.717) is 26.4 Å². The van der Waals surface area contributed by atoms with Gasteiger partial charge < -0.3 is 64.5 Å². The number of hydrogen-bond acceptors (Lipinski definition) is 17. The molecule has 0 amide bonds. The second-order valence-corrected chi connectivity index (χ2v) is 10.5. The van der Waals surface area contributed by atoms with E-state index in [1.165, 1.54) is 0 Å². The summed E-state index contributed by atoms with van der Waals surface area (Å²) in [4.78, 5) is 151. The van der Waals surface area contributed by atoms with Gasteiger partial charge in [0.05, 0.1) is 71.4 Å². The Morgan fingerprint density at radius 1 is 0.310 bits per heavy atom. The van der Waals surface area contributed by atoms with Crippen LogP contribution in [0.15, 0.2) is 18.2 Å². The van der Waals surface area contributed by atoms with E-state index in [2.05, 4.69) is 9.47 Å². The lowest BCUT2D eigenvalue weighted by atomic mass is 9.93. The first-order valence-corrected chi connectivity index (χ1v) is 14.6. The van der Waals surface area contributed by atoms with Crippen LogP contribution in [0, 0.1) is 0 Å². The average Bonchev–Trinajstić information content (AvgIpc) is 3.14. The molecule has 3 aromatic carbocycles. The van der Waals surface area contributed by atoms with E-state index in [4.69, 9.17) is 14.2 Å². The molecule has 0 bridgehead atoms. The number of ether oxygens (including phenoxy) is 5. The van der Waals surface area contributed by atoms with Crippen LogP contribution in [0.2, 0.25) is 0 Å². The minimum absolute atomic E-state index is 0.272. The molecule has 0 saturated carbocycles. The molecule has 25 nitrogen and oxygen atoms in total. The van der Waals surface area contributed by atoms with Gasteiger partial charge >= 0.3 is 71.6 Å². The minimum atomic E-state index is -2.41. The second-order valence-electron chi connectivity index (χ2n) is 10.5. The van der Waals surface area contributed by atoms with Crippen LogP contribution in [-0.2, 0) is 9.47 Å². The zero-order valence-electron chi connectivity index (χ0n) is 28.7. The summed E-state index contributed by atoms with van der Waals surface area (Å²) in [6.45, 7) is 0. The van der Waals surface area contributed by atoms with Crippen LogP contribution in [0.4, 0.5) is 0 Å². The zero-order valence-corrected chi connectivity index (χ0v) is 28.7. The Morgan fingerprint density at radius 3 is 0.724 bits per heavy atom. The molecule has 3 rings (SSSR count). The smallest absolute Gasteiger partial charge is 0.350 e. The van der Waals surface area contributed by atoms with Crippen molar-refractivity contribution < 1.29 is 122 Å². The molecule has 0 atom stereocenters. The van der Waals surface area contributed by atoms with E-state index in [1.807, 2.05) is 0 Å². The van der Waals surface area contributed by atoms with Crippen molar-refractivity contribution in [2.24, 2.45) is 0 Å². The lowest BCUT2D eigenvalue weighted by Crippen LogP contribution is -2.27. The van der Waals surface area contributed by atoms with Crippen molar-refractivity contribution in [3.8, 4) is 17.2 Å². The van der Waals surface area contributed by atoms with Gasteiger partial charge in [-0.2, -0.15) is 0 Å². The van der Waals surface area contributed by atoms with Gasteiger partial charge in [-0.15, -0.1) is 0 Å². The molecule has 0 spiro atoms. The highest BCUT2D eigenvalue weighted by Crippen LogP contribution is 2.36. The number of carbonyl (C=O) groups excluding carboxylic acids is 4. The van der Waals surface area contributed by atoms with Gasteiger partial charge in [-0.05, 0) is 18.2 Å². The Labute approximate surface area is 317 Å². The Kier molecular flexibility index (Phi) is 12.5. The summed E-state index contributed by atoms with van der Waals surface area (Å²) in [5.74, 6) is -30.2. The number of carbonyl (C=O) groups is 12. The predicted octanol–water partition coefficient (Wildman–Crippen LogP) is 1.29. The Hall–Kier alpha value is -8.90. The molecule has 0 saturated heterocycles. The monoisotopic (exact) mass is 816 g/mol. The van der Waals surface area contributed by atoms with Gasteiger partial charge in [0.25, 0.3) is 0 Å². The third-order valence-corrected chi connectivity index (χ3v) is 7.48. The van der Waals surface area contributed by atoms with E-state index in [-0.39, 0.29) is 6.07 Å². The molecule has 25 heteroatoms. The molecular weight excluding hydrogens is 796 g/mol. The minimum Gasteiger partial charge on any atom is -0.496 e. The lowest BCUT2D eigenvalue weighted by Gasteiger charge is -2.18. The van der Waals surface area contributed by atoms with Crippen LogP contribution in [0.5, 0.6) is 17.2 Å². The highest BCUT2D eigenvalue weighted by atomic mass is 16.6. The molecule has 0 aliphatic heterocycles. The summed E-state index contributed by atoms with van der Waals surface area (Å²) in [5, 5.41) is 77.6. The van der Waals surface area contributed by atoms with Crippen molar-refractivity contribution in [2.75, 3.05) is 21.3 Å². The zero-order chi connectivity index (χ0) is 44.2. The second kappa shape index (κ2) is 16.6. The maximum absolute atomic E-state index is 13.8. The largest absolute Gasteiger partial charge is 0.496 e. The molecule has 0 fully saturated rings. The van der Waals surface area contributed by atoms with Crippen molar-refractivity contribution in [3.63, 3.8) is 0 Å². The molecule has 0 aromatic heterocycles. The molecule has 0 radical (unpaired) electrons. The molecule has 8 N–H and O–H groups in total. The average molecular weight is 816 g/mol. The van der Waals surface area contributed by atoms with Crippen molar-refractivity contribution in [1.82, 2.24) is 0 Å². The first-order valence-electron chi connectivity index (χ1n) is 14.6. The fourth-order valence-corrected chi connectivity index (χ4v) is 5.24. The van der Waals surface area contributed by atoms with Crippen molar-refractivity contribution >= 4 is 71.6 Å². The summed E-state index contributed by atoms with van der Waals surface area (Å²) >= 11 is 0. The SMILES string of the molecule is COc1cc(C(=O)O)c(C(=O)O)c(C(=O)O)c1C(=O)OC(=O)c1c(OC)cc(C(=O)O)c(C(=O)O)c1C(=O)OC(=O)c1c(OC)cc(C(=O)O)c(C(=O)O)c1C(=O)O. The first-order chi connectivity index (χ1) is 27.0. The van der Waals surface area contributed by atoms with Crippen molar-refractivity contribution in [2.45, 2.75) is 0 Å². The van der Waals surface area contributed by atoms with Gasteiger partial charge in [-0.3, -0.25) is 0 Å². The molecule has 3 aromatic rings. The van der Waals surface area contributed by atoms with Gasteiger partial charge in [0.15, 0.2) is 0 Å². The number of methoxy groups -OCH3 is 3. The van der Waals surface area contributed by atoms with Crippen LogP contribution in [0.1, 0.15) is 124 Å². The molecule has 0 aliphatic rings. The van der Waals surface area contributed by atoms with E-state index in [1.54, 1.807) is 0 Å². The quantitative estimate of drug-likeness (QED) is 0.0791. The van der Waals surface area contributed by atoms with Gasteiger partial charge in [0, 0.05) is 0 Å². The fraction of sp³-hybridized carbons (Fsp3) is 0.0909. The Balaban J connectivity index is 2.42. The summed E-state index contributed by atoms with van der Waals surface area (Å²) in [6.07, 6.45) is 0. The van der Waals surface area contributed by atoms with Gasteiger partial charge in [-0.1, -0.05) is 0 Å². The molecular formula is C33H20O25. The fourth-order valence-electron chi connectivity index (χ4n) is 5.24. The number of benzene rings is 3. The van der Waals surface area contributed by atoms with Crippen molar-refractivity contribution in [3.05, 3.63) is 85.0 Å². The number of rotatable bonds is 15. The Bertz CT molecular complexity index is 2450. The Morgan fingerprint density at radius 2 is 0.517 bits per heavy atom. The van der Waals surface area contributed by atoms with Crippen LogP contribution in [-0.4, -0.2) is 134 Å². The standard InChI is InChI=1S/C33H20O25/c1-54-10-4-7(22(34)35)13(25(40)41)19(28(46)47)16(10)30(50)57-32(52)18-12(56-3)6-9(24(38)39)15(27(44)45)21(18)33(53)58-31(51)17-11(55-2)5-8(23(36)37)14(26(42)43)20(17)29(48)49/h4-6H,1-3H3,(H,34,35)(H,36,37)(H,38,39)(H,40,41)(H,42,43)(H,44,45)(H,46,47)(H,48,49). The van der Waals surface area contributed by atoms with Gasteiger partial charge in [0.2, 0.25) is 0 Å². The molecule has 302 valence electrons. The van der Waals surface area contributed by atoms with Crippen molar-refractivity contribution in [1.29, 1.82) is 0 Å². The maximum Gasteiger partial charge on any atom is 0.350 e. The van der Waals surface area contributed by atoms with Crippen LogP contribution in [0.25, 0.3) is 0 Å². The third-order valence-electron chi connectivity index (χ3n) is 7.48. The number of hydrogen-bond donors (Lipinski definition) is 8. The molecule has 58 heavy (non-hydrogen) atoms. The number of carboxylic acid groups (broad SMARTS) is 8. The van der Waals surface area contributed by atoms with E-state index in [0.717, 1.165) is 7.11 Å². The van der Waals surface area contributed by atoms with E-state index >= 15 is 0 Å². The summed E-state index contributed by atoms with van der Waals surface area (Å²) in [7, 11) is 2.10. The normalized spacial score (nSPS) is 10.3. The van der Waals surface area contributed by atoms with Crippen LogP contribution < -0.4 is 14.2 Å². The number of esters is 4. The summed E-state index contributed by atoms with van der Waals surface area (Å²) < 4.78 is 23.7. The summed E-state index contributed by atoms with van der Waals surface area (Å²) in [6, 6.07) is 0.938. The van der Waals surface area contributed by atoms with E-state index < -0.39 is 156 Å². The van der Waals surface area contributed by atoms with Gasteiger partial charge in [-0.25, -0.2) is 57.5 Å². The highest BCUT2D eigenvalue weighted by molar-refractivity contribution is 6.22. The number of aromatic carboxylic acids is 8. The first kappa shape index (κ1) is 43.5. The van der Waals surface area contributed by atoms with Crippen LogP contribution in [0.3, 0.4) is 0 Å². The lowest BCUT2D eigenvalue weighted by molar-refractivity contribution is 0.0347. The third kappa shape index (κ3) is 7.83. The summed E-state index contributed by atoms with van der Waals surface area (Å²) in [5.41, 5.74) is -18.5. The molecule has 0 heterocycles. The van der Waals surface area contributed by atoms with Crippen LogP contribution >= 0.6 is 0 Å². The highest BCUT2D eigenvalue weighted by Gasteiger charge is 2.41. The predicted molar refractivity (Wildman–Crippen MR) is 174 cm³/mol. The van der Waals surface area contributed by atoms with E-state index in [9.17, 15) is 98.4 Å². The topological polar surface area (TPSA) is 413 Å². The number of carboxylic acids is 8. The van der Waals surface area contributed by atoms with Gasteiger partial charge in [0.1, 0.15) is 33.9 Å². The molecule has 0 unspecified atom stereocenters.